The number of ether oxygens (including phenoxy) is 2. The standard InChI is InChI=1S/C17H22N2O5S/c1-9(2)24-17(22)14-10(3)13-15(25-14)18-11(4)19(16(13)21)8-6-7-12(20)23-5/h9H,6-8H2,1-5H3. The number of methoxy groups -OCH3 is 1. The summed E-state index contributed by atoms with van der Waals surface area (Å²) in [6, 6.07) is 0. The minimum atomic E-state index is -0.440. The molecule has 2 aromatic rings. The van der Waals surface area contributed by atoms with Crippen LogP contribution in [0.1, 0.15) is 47.7 Å². The number of fused-ring (bicyclic) bond motifs is 1. The third kappa shape index (κ3) is 4.07. The second-order valence-electron chi connectivity index (χ2n) is 5.99. The summed E-state index contributed by atoms with van der Waals surface area (Å²) in [5, 5.41) is 0.435. The lowest BCUT2D eigenvalue weighted by Crippen LogP contribution is -2.24. The third-order valence-corrected chi connectivity index (χ3v) is 4.93. The number of thiophene rings is 1. The summed E-state index contributed by atoms with van der Waals surface area (Å²) in [4.78, 5) is 41.7. The van der Waals surface area contributed by atoms with Gasteiger partial charge in [0.2, 0.25) is 0 Å². The zero-order chi connectivity index (χ0) is 18.7. The van der Waals surface area contributed by atoms with Gasteiger partial charge in [-0.2, -0.15) is 0 Å². The van der Waals surface area contributed by atoms with Crippen LogP contribution in [0, 0.1) is 13.8 Å². The van der Waals surface area contributed by atoms with E-state index >= 15 is 0 Å². The van der Waals surface area contributed by atoms with Crippen molar-refractivity contribution < 1.29 is 19.1 Å². The number of aromatic nitrogens is 2. The highest BCUT2D eigenvalue weighted by Crippen LogP contribution is 2.28. The summed E-state index contributed by atoms with van der Waals surface area (Å²) >= 11 is 1.17. The van der Waals surface area contributed by atoms with Crippen molar-refractivity contribution in [2.24, 2.45) is 0 Å². The smallest absolute Gasteiger partial charge is 0.348 e. The summed E-state index contributed by atoms with van der Waals surface area (Å²) < 4.78 is 11.4. The molecular formula is C17H22N2O5S. The zero-order valence-electron chi connectivity index (χ0n) is 15.0. The molecule has 0 bridgehead atoms. The summed E-state index contributed by atoms with van der Waals surface area (Å²) in [5.41, 5.74) is 0.384. The van der Waals surface area contributed by atoms with Crippen molar-refractivity contribution in [3.8, 4) is 0 Å². The predicted molar refractivity (Wildman–Crippen MR) is 95.2 cm³/mol. The minimum Gasteiger partial charge on any atom is -0.469 e. The van der Waals surface area contributed by atoms with Gasteiger partial charge in [0.1, 0.15) is 15.5 Å². The number of rotatable bonds is 6. The van der Waals surface area contributed by atoms with Gasteiger partial charge in [-0.15, -0.1) is 11.3 Å². The normalized spacial score (nSPS) is 11.1. The number of aryl methyl sites for hydroxylation is 2. The largest absolute Gasteiger partial charge is 0.469 e. The molecule has 0 aromatic carbocycles. The summed E-state index contributed by atoms with van der Waals surface area (Å²) in [6.07, 6.45) is 0.475. The van der Waals surface area contributed by atoms with Gasteiger partial charge in [-0.25, -0.2) is 9.78 Å². The van der Waals surface area contributed by atoms with E-state index in [-0.39, 0.29) is 24.1 Å². The molecule has 7 nitrogen and oxygen atoms in total. The van der Waals surface area contributed by atoms with Crippen molar-refractivity contribution in [2.45, 2.75) is 53.2 Å². The summed E-state index contributed by atoms with van der Waals surface area (Å²) in [5.74, 6) is -0.206. The Balaban J connectivity index is 2.40. The van der Waals surface area contributed by atoms with Gasteiger partial charge >= 0.3 is 11.9 Å². The van der Waals surface area contributed by atoms with Gasteiger partial charge < -0.3 is 9.47 Å². The Labute approximate surface area is 149 Å². The van der Waals surface area contributed by atoms with Crippen LogP contribution in [-0.4, -0.2) is 34.7 Å². The fourth-order valence-corrected chi connectivity index (χ4v) is 3.63. The number of esters is 2. The van der Waals surface area contributed by atoms with Gasteiger partial charge in [0.05, 0.1) is 18.6 Å². The van der Waals surface area contributed by atoms with Crippen LogP contribution in [0.15, 0.2) is 4.79 Å². The average Bonchev–Trinajstić information content (AvgIpc) is 2.86. The molecule has 2 rings (SSSR count). The van der Waals surface area contributed by atoms with Crippen molar-refractivity contribution in [1.82, 2.24) is 9.55 Å². The molecule has 0 saturated heterocycles. The Morgan fingerprint density at radius 3 is 2.56 bits per heavy atom. The average molecular weight is 366 g/mol. The van der Waals surface area contributed by atoms with Crippen LogP contribution >= 0.6 is 11.3 Å². The van der Waals surface area contributed by atoms with Gasteiger partial charge in [0.25, 0.3) is 5.56 Å². The number of hydrogen-bond donors (Lipinski definition) is 0. The Hall–Kier alpha value is -2.22. The molecule has 25 heavy (non-hydrogen) atoms. The molecule has 0 unspecified atom stereocenters. The molecule has 0 radical (unpaired) electrons. The molecular weight excluding hydrogens is 344 g/mol. The van der Waals surface area contributed by atoms with Gasteiger partial charge in [-0.3, -0.25) is 14.2 Å². The second kappa shape index (κ2) is 7.77. The molecule has 0 aliphatic carbocycles. The van der Waals surface area contributed by atoms with E-state index in [1.165, 1.54) is 23.0 Å². The molecule has 2 aromatic heterocycles. The van der Waals surface area contributed by atoms with Gasteiger partial charge in [0.15, 0.2) is 0 Å². The molecule has 0 N–H and O–H groups in total. The summed E-state index contributed by atoms with van der Waals surface area (Å²) in [7, 11) is 1.33. The van der Waals surface area contributed by atoms with Gasteiger partial charge in [-0.1, -0.05) is 0 Å². The Kier molecular flexibility index (Phi) is 5.94. The molecule has 136 valence electrons. The maximum atomic E-state index is 12.8. The van der Waals surface area contributed by atoms with E-state index in [2.05, 4.69) is 9.72 Å². The van der Waals surface area contributed by atoms with E-state index in [4.69, 9.17) is 4.74 Å². The fraction of sp³-hybridized carbons (Fsp3) is 0.529. The first-order chi connectivity index (χ1) is 11.8. The van der Waals surface area contributed by atoms with E-state index in [0.717, 1.165) is 0 Å². The quantitative estimate of drug-likeness (QED) is 0.730. The lowest BCUT2D eigenvalue weighted by Gasteiger charge is -2.09. The summed E-state index contributed by atoms with van der Waals surface area (Å²) in [6.45, 7) is 7.38. The van der Waals surface area contributed by atoms with Crippen molar-refractivity contribution in [3.63, 3.8) is 0 Å². The van der Waals surface area contributed by atoms with E-state index in [0.29, 0.717) is 39.4 Å². The molecule has 0 amide bonds. The Morgan fingerprint density at radius 1 is 1.28 bits per heavy atom. The van der Waals surface area contributed by atoms with Gasteiger partial charge in [0, 0.05) is 13.0 Å². The van der Waals surface area contributed by atoms with Crippen LogP contribution < -0.4 is 5.56 Å². The highest BCUT2D eigenvalue weighted by molar-refractivity contribution is 7.20. The number of nitrogens with zero attached hydrogens (tertiary/aromatic N) is 2. The van der Waals surface area contributed by atoms with E-state index in [9.17, 15) is 14.4 Å². The van der Waals surface area contributed by atoms with E-state index in [1.54, 1.807) is 27.7 Å². The first-order valence-corrected chi connectivity index (χ1v) is 8.86. The van der Waals surface area contributed by atoms with Gasteiger partial charge in [-0.05, 0) is 39.7 Å². The van der Waals surface area contributed by atoms with Crippen LogP contribution in [0.25, 0.3) is 10.2 Å². The number of hydrogen-bond acceptors (Lipinski definition) is 7. The third-order valence-electron chi connectivity index (χ3n) is 3.76. The molecule has 0 spiro atoms. The Morgan fingerprint density at radius 2 is 1.96 bits per heavy atom. The van der Waals surface area contributed by atoms with Crippen LogP contribution in [0.2, 0.25) is 0 Å². The Bertz CT molecular complexity index is 866. The lowest BCUT2D eigenvalue weighted by atomic mass is 10.2. The highest BCUT2D eigenvalue weighted by Gasteiger charge is 2.22. The second-order valence-corrected chi connectivity index (χ2v) is 6.98. The SMILES string of the molecule is COC(=O)CCCn1c(C)nc2sc(C(=O)OC(C)C)c(C)c2c1=O. The predicted octanol–water partition coefficient (Wildman–Crippen LogP) is 2.59. The van der Waals surface area contributed by atoms with Crippen LogP contribution in [0.3, 0.4) is 0 Å². The molecule has 0 aliphatic heterocycles. The maximum absolute atomic E-state index is 12.8. The van der Waals surface area contributed by atoms with E-state index < -0.39 is 5.97 Å². The molecule has 0 atom stereocenters. The van der Waals surface area contributed by atoms with Crippen LogP contribution in [0.5, 0.6) is 0 Å². The fourth-order valence-electron chi connectivity index (χ4n) is 2.53. The van der Waals surface area contributed by atoms with Crippen LogP contribution in [-0.2, 0) is 20.8 Å². The highest BCUT2D eigenvalue weighted by atomic mass is 32.1. The van der Waals surface area contributed by atoms with Crippen LogP contribution in [0.4, 0.5) is 0 Å². The van der Waals surface area contributed by atoms with Crippen molar-refractivity contribution in [1.29, 1.82) is 0 Å². The lowest BCUT2D eigenvalue weighted by molar-refractivity contribution is -0.140. The minimum absolute atomic E-state index is 0.204. The first-order valence-electron chi connectivity index (χ1n) is 8.04. The molecule has 8 heteroatoms. The van der Waals surface area contributed by atoms with Crippen molar-refractivity contribution in [3.05, 3.63) is 26.6 Å². The molecule has 0 aliphatic rings. The molecule has 0 fully saturated rings. The first kappa shape index (κ1) is 19.1. The van der Waals surface area contributed by atoms with Crippen molar-refractivity contribution >= 4 is 33.5 Å². The molecule has 0 saturated carbocycles. The zero-order valence-corrected chi connectivity index (χ0v) is 15.9. The van der Waals surface area contributed by atoms with E-state index in [1.807, 2.05) is 0 Å². The monoisotopic (exact) mass is 366 g/mol. The van der Waals surface area contributed by atoms with Crippen molar-refractivity contribution in [2.75, 3.05) is 7.11 Å². The molecule has 2 heterocycles. The topological polar surface area (TPSA) is 87.5 Å². The number of carbonyl (C=O) groups is 2. The maximum Gasteiger partial charge on any atom is 0.348 e. The number of carbonyl (C=O) groups excluding carboxylic acids is 2.